The minimum Gasteiger partial charge on any atom is -0.478 e. The van der Waals surface area contributed by atoms with Gasteiger partial charge in [0.05, 0.1) is 11.1 Å². The molecule has 0 saturated carbocycles. The molecule has 0 amide bonds. The summed E-state index contributed by atoms with van der Waals surface area (Å²) in [5.41, 5.74) is 3.13. The lowest BCUT2D eigenvalue weighted by Crippen LogP contribution is -2.11. The molecule has 0 bridgehead atoms. The molecular weight excluding hydrogens is 232 g/mol. The zero-order chi connectivity index (χ0) is 12.9. The second-order valence-corrected chi connectivity index (χ2v) is 4.10. The lowest BCUT2D eigenvalue weighted by Gasteiger charge is -2.25. The normalized spacial score (nSPS) is 11.1. The minimum absolute atomic E-state index is 0.000605. The predicted molar refractivity (Wildman–Crippen MR) is 64.8 cm³/mol. The largest absolute Gasteiger partial charge is 0.478 e. The van der Waals surface area contributed by atoms with E-state index in [4.69, 9.17) is 10.2 Å². The van der Waals surface area contributed by atoms with Crippen molar-refractivity contribution in [1.29, 1.82) is 0 Å². The molecule has 0 spiro atoms. The van der Waals surface area contributed by atoms with Gasteiger partial charge in [0, 0.05) is 5.56 Å². The zero-order valence-corrected chi connectivity index (χ0v) is 9.18. The third kappa shape index (κ3) is 1.26. The number of carboxylic acid groups (broad SMARTS) is 2. The monoisotopic (exact) mass is 240 g/mol. The molecule has 2 aromatic rings. The van der Waals surface area contributed by atoms with Gasteiger partial charge >= 0.3 is 11.9 Å². The molecule has 0 fully saturated rings. The van der Waals surface area contributed by atoms with Gasteiger partial charge in [-0.05, 0) is 28.8 Å². The fourth-order valence-corrected chi connectivity index (χ4v) is 2.31. The Morgan fingerprint density at radius 3 is 2.11 bits per heavy atom. The van der Waals surface area contributed by atoms with E-state index in [-0.39, 0.29) is 11.1 Å². The first-order chi connectivity index (χ1) is 8.59. The molecule has 2 N–H and O–H groups in total. The van der Waals surface area contributed by atoms with Crippen LogP contribution < -0.4 is 0 Å². The Balaban J connectivity index is 2.30. The molecule has 0 radical (unpaired) electrons. The average Bonchev–Trinajstić information content (AvgIpc) is 2.34. The molecule has 4 heteroatoms. The van der Waals surface area contributed by atoms with Crippen LogP contribution in [-0.4, -0.2) is 22.2 Å². The first-order valence-electron chi connectivity index (χ1n) is 5.34. The first kappa shape index (κ1) is 10.5. The molecule has 0 unspecified atom stereocenters. The summed E-state index contributed by atoms with van der Waals surface area (Å²) in [5, 5.41) is 18.1. The Labute approximate surface area is 102 Å². The zero-order valence-electron chi connectivity index (χ0n) is 9.18. The van der Waals surface area contributed by atoms with Crippen LogP contribution in [-0.2, 0) is 0 Å². The van der Waals surface area contributed by atoms with E-state index in [1.807, 2.05) is 24.3 Å². The number of benzene rings is 2. The summed E-state index contributed by atoms with van der Waals surface area (Å²) < 4.78 is 0. The van der Waals surface area contributed by atoms with Crippen molar-refractivity contribution in [3.8, 4) is 22.3 Å². The van der Waals surface area contributed by atoms with E-state index in [2.05, 4.69) is 0 Å². The predicted octanol–water partition coefficient (Wildman–Crippen LogP) is 2.73. The molecule has 2 aromatic carbocycles. The summed E-state index contributed by atoms with van der Waals surface area (Å²) in [7, 11) is 0. The van der Waals surface area contributed by atoms with Gasteiger partial charge in [-0.1, -0.05) is 24.3 Å². The summed E-state index contributed by atoms with van der Waals surface area (Å²) in [5.74, 6) is -2.23. The van der Waals surface area contributed by atoms with Gasteiger partial charge in [0.2, 0.25) is 0 Å². The van der Waals surface area contributed by atoms with E-state index in [1.54, 1.807) is 0 Å². The van der Waals surface area contributed by atoms with Crippen molar-refractivity contribution in [1.82, 2.24) is 0 Å². The summed E-state index contributed by atoms with van der Waals surface area (Å²) in [6.45, 7) is 0. The van der Waals surface area contributed by atoms with Crippen LogP contribution in [0.4, 0.5) is 0 Å². The maximum absolute atomic E-state index is 11.2. The highest BCUT2D eigenvalue weighted by atomic mass is 16.4. The van der Waals surface area contributed by atoms with E-state index in [0.29, 0.717) is 11.1 Å². The quantitative estimate of drug-likeness (QED) is 0.722. The van der Waals surface area contributed by atoms with Gasteiger partial charge in [0.15, 0.2) is 0 Å². The SMILES string of the molecule is O=C(O)c1cc(C(=O)O)c2c(c1)-c1ccccc1-2. The molecule has 1 aliphatic rings. The Morgan fingerprint density at radius 2 is 1.50 bits per heavy atom. The highest BCUT2D eigenvalue weighted by Crippen LogP contribution is 2.49. The smallest absolute Gasteiger partial charge is 0.336 e. The molecule has 0 aliphatic heterocycles. The van der Waals surface area contributed by atoms with Crippen LogP contribution in [0.5, 0.6) is 0 Å². The number of rotatable bonds is 2. The van der Waals surface area contributed by atoms with Gasteiger partial charge in [-0.25, -0.2) is 9.59 Å². The summed E-state index contributed by atoms with van der Waals surface area (Å²) >= 11 is 0. The molecule has 88 valence electrons. The number of carbonyl (C=O) groups is 2. The van der Waals surface area contributed by atoms with E-state index in [0.717, 1.165) is 11.1 Å². The topological polar surface area (TPSA) is 74.6 Å². The van der Waals surface area contributed by atoms with Crippen LogP contribution in [0.15, 0.2) is 36.4 Å². The van der Waals surface area contributed by atoms with Crippen LogP contribution in [0.2, 0.25) is 0 Å². The van der Waals surface area contributed by atoms with Gasteiger partial charge in [-0.3, -0.25) is 0 Å². The van der Waals surface area contributed by atoms with E-state index >= 15 is 0 Å². The highest BCUT2D eigenvalue weighted by molar-refractivity contribution is 6.13. The van der Waals surface area contributed by atoms with Crippen LogP contribution in [0.25, 0.3) is 22.3 Å². The highest BCUT2D eigenvalue weighted by Gasteiger charge is 2.29. The van der Waals surface area contributed by atoms with Crippen LogP contribution in [0.3, 0.4) is 0 Å². The first-order valence-corrected chi connectivity index (χ1v) is 5.34. The number of carboxylic acids is 2. The van der Waals surface area contributed by atoms with Gasteiger partial charge < -0.3 is 10.2 Å². The summed E-state index contributed by atoms with van der Waals surface area (Å²) in [6, 6.07) is 10.1. The number of aromatic carboxylic acids is 2. The van der Waals surface area contributed by atoms with Crippen molar-refractivity contribution in [2.45, 2.75) is 0 Å². The molecule has 0 atom stereocenters. The Morgan fingerprint density at radius 1 is 0.833 bits per heavy atom. The van der Waals surface area contributed by atoms with Crippen LogP contribution in [0, 0.1) is 0 Å². The molecular formula is C14H8O4. The lowest BCUT2D eigenvalue weighted by molar-refractivity contribution is 0.0696. The van der Waals surface area contributed by atoms with Crippen molar-refractivity contribution >= 4 is 11.9 Å². The second-order valence-electron chi connectivity index (χ2n) is 4.10. The summed E-state index contributed by atoms with van der Waals surface area (Å²) in [6.07, 6.45) is 0. The molecule has 1 aliphatic carbocycles. The second kappa shape index (κ2) is 3.43. The molecule has 18 heavy (non-hydrogen) atoms. The number of fused-ring (bicyclic) bond motifs is 4. The Bertz CT molecular complexity index is 701. The fraction of sp³-hybridized carbons (Fsp3) is 0. The third-order valence-corrected chi connectivity index (χ3v) is 3.10. The van der Waals surface area contributed by atoms with Crippen molar-refractivity contribution in [3.63, 3.8) is 0 Å². The van der Waals surface area contributed by atoms with Gasteiger partial charge in [0.25, 0.3) is 0 Å². The van der Waals surface area contributed by atoms with E-state index < -0.39 is 11.9 Å². The Hall–Kier alpha value is -2.62. The van der Waals surface area contributed by atoms with Crippen molar-refractivity contribution in [3.05, 3.63) is 47.5 Å². The van der Waals surface area contributed by atoms with E-state index in [9.17, 15) is 9.59 Å². The minimum atomic E-state index is -1.12. The number of hydrogen-bond donors (Lipinski definition) is 2. The summed E-state index contributed by atoms with van der Waals surface area (Å²) in [4.78, 5) is 22.2. The number of hydrogen-bond acceptors (Lipinski definition) is 2. The van der Waals surface area contributed by atoms with Crippen molar-refractivity contribution in [2.75, 3.05) is 0 Å². The standard InChI is InChI=1S/C14H8O4/c15-13(16)7-5-10-8-3-1-2-4-9(8)12(10)11(6-7)14(17)18/h1-6H,(H,15,16)(H,17,18). The van der Waals surface area contributed by atoms with Gasteiger partial charge in [-0.15, -0.1) is 0 Å². The lowest BCUT2D eigenvalue weighted by atomic mass is 9.77. The Kier molecular flexibility index (Phi) is 2.01. The molecule has 0 heterocycles. The third-order valence-electron chi connectivity index (χ3n) is 3.10. The van der Waals surface area contributed by atoms with Gasteiger partial charge in [-0.2, -0.15) is 0 Å². The maximum Gasteiger partial charge on any atom is 0.336 e. The molecule has 3 rings (SSSR count). The fourth-order valence-electron chi connectivity index (χ4n) is 2.31. The van der Waals surface area contributed by atoms with E-state index in [1.165, 1.54) is 12.1 Å². The van der Waals surface area contributed by atoms with Gasteiger partial charge in [0.1, 0.15) is 0 Å². The molecule has 0 saturated heterocycles. The van der Waals surface area contributed by atoms with Crippen molar-refractivity contribution < 1.29 is 19.8 Å². The maximum atomic E-state index is 11.2. The molecule has 4 nitrogen and oxygen atoms in total. The molecule has 0 aromatic heterocycles. The average molecular weight is 240 g/mol. The van der Waals surface area contributed by atoms with Crippen molar-refractivity contribution in [2.24, 2.45) is 0 Å². The van der Waals surface area contributed by atoms with Crippen LogP contribution >= 0.6 is 0 Å². The van der Waals surface area contributed by atoms with Crippen LogP contribution in [0.1, 0.15) is 20.7 Å².